The molecule has 1 aromatic carbocycles. The summed E-state index contributed by atoms with van der Waals surface area (Å²) in [4.78, 5) is 50.0. The lowest BCUT2D eigenvalue weighted by atomic mass is 9.97. The zero-order valence-corrected chi connectivity index (χ0v) is 15.4. The average molecular weight is 382 g/mol. The summed E-state index contributed by atoms with van der Waals surface area (Å²) in [6.45, 7) is 2.86. The Morgan fingerprint density at radius 1 is 1.07 bits per heavy atom. The second-order valence-corrected chi connectivity index (χ2v) is 8.13. The number of hydrogen-bond acceptors (Lipinski definition) is 6. The Bertz CT molecular complexity index is 894. The van der Waals surface area contributed by atoms with Gasteiger partial charge in [0.2, 0.25) is 11.8 Å². The lowest BCUT2D eigenvalue weighted by Gasteiger charge is -2.27. The molecule has 1 saturated carbocycles. The molecule has 3 fully saturated rings. The summed E-state index contributed by atoms with van der Waals surface area (Å²) in [5, 5.41) is 9.05. The van der Waals surface area contributed by atoms with Crippen molar-refractivity contribution in [2.45, 2.75) is 37.9 Å². The molecule has 3 aliphatic heterocycles. The minimum absolute atomic E-state index is 0.123. The van der Waals surface area contributed by atoms with Crippen LogP contribution >= 0.6 is 0 Å². The van der Waals surface area contributed by atoms with Crippen LogP contribution in [0.3, 0.4) is 0 Å². The van der Waals surface area contributed by atoms with Crippen molar-refractivity contribution in [3.8, 4) is 0 Å². The topological polar surface area (TPSA) is 108 Å². The van der Waals surface area contributed by atoms with Crippen LogP contribution in [0, 0.1) is 11.8 Å². The van der Waals surface area contributed by atoms with Gasteiger partial charge in [-0.25, -0.2) is 0 Å². The predicted octanol–water partition coefficient (Wildman–Crippen LogP) is -0.215. The number of amides is 4. The van der Waals surface area contributed by atoms with E-state index in [0.29, 0.717) is 23.7 Å². The molecule has 4 aliphatic rings. The van der Waals surface area contributed by atoms with Crippen LogP contribution in [0.4, 0.5) is 0 Å². The Balaban J connectivity index is 1.28. The molecule has 1 unspecified atom stereocenters. The van der Waals surface area contributed by atoms with Crippen molar-refractivity contribution in [3.05, 3.63) is 34.9 Å². The van der Waals surface area contributed by atoms with Gasteiger partial charge in [0.05, 0.1) is 11.1 Å². The van der Waals surface area contributed by atoms with E-state index in [1.54, 1.807) is 12.1 Å². The number of hydrogen-bond donors (Lipinski definition) is 3. The molecule has 1 aromatic rings. The monoisotopic (exact) mass is 382 g/mol. The van der Waals surface area contributed by atoms with E-state index in [4.69, 9.17) is 0 Å². The third-order valence-corrected chi connectivity index (χ3v) is 6.33. The van der Waals surface area contributed by atoms with Gasteiger partial charge in [-0.15, -0.1) is 0 Å². The van der Waals surface area contributed by atoms with Crippen molar-refractivity contribution in [3.63, 3.8) is 0 Å². The molecule has 146 valence electrons. The highest BCUT2D eigenvalue weighted by Gasteiger charge is 2.46. The van der Waals surface area contributed by atoms with E-state index in [-0.39, 0.29) is 18.7 Å². The van der Waals surface area contributed by atoms with Crippen molar-refractivity contribution in [2.75, 3.05) is 13.1 Å². The van der Waals surface area contributed by atoms with Crippen LogP contribution in [-0.2, 0) is 16.1 Å². The number of nitrogens with one attached hydrogen (secondary N) is 3. The number of fused-ring (bicyclic) bond motifs is 1. The molecule has 8 nitrogen and oxygen atoms in total. The first-order valence-electron chi connectivity index (χ1n) is 9.81. The number of benzene rings is 1. The Morgan fingerprint density at radius 2 is 1.86 bits per heavy atom. The summed E-state index contributed by atoms with van der Waals surface area (Å²) in [7, 11) is 0. The van der Waals surface area contributed by atoms with Gasteiger partial charge in [-0.3, -0.25) is 29.4 Å². The quantitative estimate of drug-likeness (QED) is 0.608. The molecule has 0 radical (unpaired) electrons. The maximum absolute atomic E-state index is 12.8. The van der Waals surface area contributed by atoms with Crippen LogP contribution in [0.25, 0.3) is 0 Å². The van der Waals surface area contributed by atoms with Gasteiger partial charge in [-0.1, -0.05) is 6.07 Å². The molecule has 3 heterocycles. The van der Waals surface area contributed by atoms with Crippen LogP contribution in [0.15, 0.2) is 18.2 Å². The van der Waals surface area contributed by atoms with E-state index in [2.05, 4.69) is 16.0 Å². The molecule has 1 aliphatic carbocycles. The van der Waals surface area contributed by atoms with Crippen molar-refractivity contribution in [1.29, 1.82) is 0 Å². The van der Waals surface area contributed by atoms with Gasteiger partial charge < -0.3 is 10.6 Å². The summed E-state index contributed by atoms with van der Waals surface area (Å²) in [6, 6.07) is 4.87. The predicted molar refractivity (Wildman–Crippen MR) is 98.2 cm³/mol. The third kappa shape index (κ3) is 2.84. The summed E-state index contributed by atoms with van der Waals surface area (Å²) in [5.74, 6) is -0.365. The standard InChI is InChI=1S/C20H22N4O4/c25-17-4-3-16(18(26)23-17)24-19(27)12-2-1-10(5-14(12)20(24)28)7-22-15-6-13(15)11-8-21-9-11/h1-2,5,11,13,15-16,21-22H,3-4,6-9H2,(H,23,25,26)/t13-,15+,16?/m0/s1. The Labute approximate surface area is 162 Å². The fraction of sp³-hybridized carbons (Fsp3) is 0.500. The normalized spacial score (nSPS) is 29.6. The molecular weight excluding hydrogens is 360 g/mol. The first-order chi connectivity index (χ1) is 13.5. The highest BCUT2D eigenvalue weighted by atomic mass is 16.2. The minimum atomic E-state index is -0.921. The van der Waals surface area contributed by atoms with Gasteiger partial charge in [-0.2, -0.15) is 0 Å². The molecule has 3 N–H and O–H groups in total. The van der Waals surface area contributed by atoms with Crippen molar-refractivity contribution >= 4 is 23.6 Å². The average Bonchev–Trinajstić information content (AvgIpc) is 3.33. The maximum Gasteiger partial charge on any atom is 0.262 e. The smallest absolute Gasteiger partial charge is 0.262 e. The molecular formula is C20H22N4O4. The van der Waals surface area contributed by atoms with Crippen LogP contribution in [-0.4, -0.2) is 53.7 Å². The zero-order valence-electron chi connectivity index (χ0n) is 15.4. The molecule has 2 saturated heterocycles. The van der Waals surface area contributed by atoms with Gasteiger partial charge in [0.1, 0.15) is 6.04 Å². The highest BCUT2D eigenvalue weighted by molar-refractivity contribution is 6.23. The van der Waals surface area contributed by atoms with Crippen molar-refractivity contribution in [2.24, 2.45) is 11.8 Å². The van der Waals surface area contributed by atoms with Gasteiger partial charge in [0.25, 0.3) is 11.8 Å². The van der Waals surface area contributed by atoms with E-state index < -0.39 is 23.8 Å². The number of piperidine rings is 1. The summed E-state index contributed by atoms with van der Waals surface area (Å²) < 4.78 is 0. The zero-order chi connectivity index (χ0) is 19.4. The van der Waals surface area contributed by atoms with Gasteiger partial charge >= 0.3 is 0 Å². The van der Waals surface area contributed by atoms with Crippen LogP contribution in [0.1, 0.15) is 45.5 Å². The van der Waals surface area contributed by atoms with Gasteiger partial charge in [-0.05, 0) is 55.5 Å². The third-order valence-electron chi connectivity index (χ3n) is 6.33. The Kier molecular flexibility index (Phi) is 4.06. The fourth-order valence-electron chi connectivity index (χ4n) is 4.46. The fourth-order valence-corrected chi connectivity index (χ4v) is 4.46. The molecule has 4 amide bonds. The molecule has 0 spiro atoms. The van der Waals surface area contributed by atoms with Crippen LogP contribution < -0.4 is 16.0 Å². The molecule has 8 heteroatoms. The number of imide groups is 2. The first kappa shape index (κ1) is 17.5. The van der Waals surface area contributed by atoms with Crippen molar-refractivity contribution in [1.82, 2.24) is 20.9 Å². The van der Waals surface area contributed by atoms with E-state index in [1.807, 2.05) is 6.07 Å². The van der Waals surface area contributed by atoms with Crippen LogP contribution in [0.2, 0.25) is 0 Å². The van der Waals surface area contributed by atoms with E-state index in [0.717, 1.165) is 35.4 Å². The Morgan fingerprint density at radius 3 is 2.57 bits per heavy atom. The van der Waals surface area contributed by atoms with E-state index in [9.17, 15) is 19.2 Å². The molecule has 3 atom stereocenters. The summed E-state index contributed by atoms with van der Waals surface area (Å²) in [6.07, 6.45) is 1.49. The largest absolute Gasteiger partial charge is 0.316 e. The number of rotatable bonds is 5. The summed E-state index contributed by atoms with van der Waals surface area (Å²) >= 11 is 0. The van der Waals surface area contributed by atoms with Gasteiger partial charge in [0.15, 0.2) is 0 Å². The lowest BCUT2D eigenvalue weighted by Crippen LogP contribution is -2.54. The minimum Gasteiger partial charge on any atom is -0.316 e. The van der Waals surface area contributed by atoms with E-state index >= 15 is 0 Å². The number of carbonyl (C=O) groups is 4. The number of carbonyl (C=O) groups excluding carboxylic acids is 4. The second-order valence-electron chi connectivity index (χ2n) is 8.13. The number of nitrogens with zero attached hydrogens (tertiary/aromatic N) is 1. The highest BCUT2D eigenvalue weighted by Crippen LogP contribution is 2.39. The Hall–Kier alpha value is -2.58. The lowest BCUT2D eigenvalue weighted by molar-refractivity contribution is -0.136. The molecule has 0 bridgehead atoms. The molecule has 28 heavy (non-hydrogen) atoms. The molecule has 0 aromatic heterocycles. The summed E-state index contributed by atoms with van der Waals surface area (Å²) in [5.41, 5.74) is 1.61. The molecule has 5 rings (SSSR count). The van der Waals surface area contributed by atoms with Gasteiger partial charge in [0, 0.05) is 19.0 Å². The van der Waals surface area contributed by atoms with Crippen LogP contribution in [0.5, 0.6) is 0 Å². The van der Waals surface area contributed by atoms with E-state index in [1.165, 1.54) is 6.42 Å². The van der Waals surface area contributed by atoms with Crippen molar-refractivity contribution < 1.29 is 19.2 Å². The second kappa shape index (κ2) is 6.49. The SMILES string of the molecule is O=C1CCC(N2C(=O)c3ccc(CN[C@@H]4C[C@H]4C4CNC4)cc3C2=O)C(=O)N1. The maximum atomic E-state index is 12.8. The first-order valence-corrected chi connectivity index (χ1v) is 9.81.